The summed E-state index contributed by atoms with van der Waals surface area (Å²) >= 11 is 0. The molecular weight excluding hydrogens is 385 g/mol. The molecule has 0 aliphatic carbocycles. The smallest absolute Gasteiger partial charge is 0.312 e. The molecule has 0 aromatic heterocycles. The van der Waals surface area contributed by atoms with Crippen molar-refractivity contribution >= 4 is 23.4 Å². The molecule has 6 nitrogen and oxygen atoms in total. The maximum absolute atomic E-state index is 13.1. The maximum Gasteiger partial charge on any atom is 0.312 e. The van der Waals surface area contributed by atoms with E-state index in [2.05, 4.69) is 5.32 Å². The first kappa shape index (κ1) is 21.5. The van der Waals surface area contributed by atoms with Crippen LogP contribution >= 0.6 is 0 Å². The van der Waals surface area contributed by atoms with E-state index in [0.29, 0.717) is 18.7 Å². The van der Waals surface area contributed by atoms with Gasteiger partial charge in [0.2, 0.25) is 5.91 Å². The highest BCUT2D eigenvalue weighted by molar-refractivity contribution is 6.35. The second kappa shape index (κ2) is 9.07. The van der Waals surface area contributed by atoms with Gasteiger partial charge in [0.05, 0.1) is 0 Å². The van der Waals surface area contributed by atoms with Crippen LogP contribution in [0.5, 0.6) is 0 Å². The first-order valence-corrected chi connectivity index (χ1v) is 10.0. The molecule has 7 heteroatoms. The molecule has 158 valence electrons. The summed E-state index contributed by atoms with van der Waals surface area (Å²) < 4.78 is 13.1. The Morgan fingerprint density at radius 1 is 1.07 bits per heavy atom. The van der Waals surface area contributed by atoms with Gasteiger partial charge in [-0.1, -0.05) is 31.2 Å². The number of benzene rings is 2. The Bertz CT molecular complexity index is 959. The van der Waals surface area contributed by atoms with E-state index in [0.717, 1.165) is 16.7 Å². The Kier molecular flexibility index (Phi) is 6.50. The third-order valence-electron chi connectivity index (χ3n) is 5.35. The predicted molar refractivity (Wildman–Crippen MR) is 112 cm³/mol. The molecule has 0 radical (unpaired) electrons. The van der Waals surface area contributed by atoms with Crippen molar-refractivity contribution in [2.45, 2.75) is 39.8 Å². The quantitative estimate of drug-likeness (QED) is 0.743. The van der Waals surface area contributed by atoms with E-state index in [-0.39, 0.29) is 24.8 Å². The molecule has 2 aromatic carbocycles. The van der Waals surface area contributed by atoms with E-state index in [4.69, 9.17) is 0 Å². The summed E-state index contributed by atoms with van der Waals surface area (Å²) in [6.45, 7) is 6.47. The van der Waals surface area contributed by atoms with Gasteiger partial charge in [0.25, 0.3) is 0 Å². The SMILES string of the molecule is CC[C@H](C(=O)Nc1cc(C)ccc1C)N1CCN(Cc2ccc(F)cc2)C(=O)C1=O. The van der Waals surface area contributed by atoms with Gasteiger partial charge < -0.3 is 15.1 Å². The number of aryl methyl sites for hydroxylation is 2. The highest BCUT2D eigenvalue weighted by atomic mass is 19.1. The van der Waals surface area contributed by atoms with Crippen LogP contribution in [-0.4, -0.2) is 46.7 Å². The Hall–Kier alpha value is -3.22. The van der Waals surface area contributed by atoms with Gasteiger partial charge in [0.15, 0.2) is 0 Å². The normalized spacial score (nSPS) is 15.3. The molecule has 0 bridgehead atoms. The molecule has 1 fully saturated rings. The van der Waals surface area contributed by atoms with Gasteiger partial charge in [-0.15, -0.1) is 0 Å². The molecule has 1 atom stereocenters. The molecule has 1 aliphatic heterocycles. The molecule has 0 saturated carbocycles. The average molecular weight is 411 g/mol. The number of nitrogens with zero attached hydrogens (tertiary/aromatic N) is 2. The number of carbonyl (C=O) groups is 3. The van der Waals surface area contributed by atoms with Crippen molar-refractivity contribution in [3.8, 4) is 0 Å². The third kappa shape index (κ3) is 4.67. The predicted octanol–water partition coefficient (Wildman–Crippen LogP) is 3.03. The molecular formula is C23H26FN3O3. The molecule has 1 saturated heterocycles. The van der Waals surface area contributed by atoms with E-state index in [9.17, 15) is 18.8 Å². The topological polar surface area (TPSA) is 69.7 Å². The third-order valence-corrected chi connectivity index (χ3v) is 5.35. The minimum atomic E-state index is -0.727. The van der Waals surface area contributed by atoms with Crippen molar-refractivity contribution in [1.82, 2.24) is 9.80 Å². The van der Waals surface area contributed by atoms with Crippen LogP contribution in [0.1, 0.15) is 30.0 Å². The van der Waals surface area contributed by atoms with E-state index in [1.54, 1.807) is 12.1 Å². The summed E-state index contributed by atoms with van der Waals surface area (Å²) in [4.78, 5) is 41.1. The number of nitrogens with one attached hydrogen (secondary N) is 1. The lowest BCUT2D eigenvalue weighted by molar-refractivity contribution is -0.159. The molecule has 3 rings (SSSR count). The number of halogens is 1. The summed E-state index contributed by atoms with van der Waals surface area (Å²) in [6.07, 6.45) is 0.397. The van der Waals surface area contributed by atoms with Gasteiger partial charge in [0, 0.05) is 25.3 Å². The van der Waals surface area contributed by atoms with Crippen molar-refractivity contribution < 1.29 is 18.8 Å². The second-order valence-corrected chi connectivity index (χ2v) is 7.58. The minimum absolute atomic E-state index is 0.226. The standard InChI is InChI=1S/C23H26FN3O3/c1-4-20(21(28)25-19-13-15(2)5-6-16(19)3)27-12-11-26(22(29)23(27)30)14-17-7-9-18(24)10-8-17/h5-10,13,20H,4,11-12,14H2,1-3H3,(H,25,28)/t20-/m1/s1. The first-order chi connectivity index (χ1) is 14.3. The van der Waals surface area contributed by atoms with E-state index in [1.807, 2.05) is 39.0 Å². The van der Waals surface area contributed by atoms with Gasteiger partial charge in [0.1, 0.15) is 11.9 Å². The Balaban J connectivity index is 1.69. The lowest BCUT2D eigenvalue weighted by Gasteiger charge is -2.37. The van der Waals surface area contributed by atoms with Crippen molar-refractivity contribution in [3.63, 3.8) is 0 Å². The van der Waals surface area contributed by atoms with Crippen LogP contribution in [-0.2, 0) is 20.9 Å². The van der Waals surface area contributed by atoms with Crippen molar-refractivity contribution in [1.29, 1.82) is 0 Å². The van der Waals surface area contributed by atoms with Crippen molar-refractivity contribution in [3.05, 3.63) is 65.0 Å². The van der Waals surface area contributed by atoms with Crippen LogP contribution in [0, 0.1) is 19.7 Å². The number of hydrogen-bond acceptors (Lipinski definition) is 3. The fraction of sp³-hybridized carbons (Fsp3) is 0.348. The molecule has 0 unspecified atom stereocenters. The van der Waals surface area contributed by atoms with Crippen LogP contribution in [0.25, 0.3) is 0 Å². The number of piperazine rings is 1. The van der Waals surface area contributed by atoms with Gasteiger partial charge in [-0.05, 0) is 55.2 Å². The van der Waals surface area contributed by atoms with Crippen LogP contribution in [0.4, 0.5) is 10.1 Å². The van der Waals surface area contributed by atoms with Crippen molar-refractivity contribution in [2.24, 2.45) is 0 Å². The fourth-order valence-corrected chi connectivity index (χ4v) is 3.58. The second-order valence-electron chi connectivity index (χ2n) is 7.58. The Labute approximate surface area is 175 Å². The largest absolute Gasteiger partial charge is 0.328 e. The van der Waals surface area contributed by atoms with Crippen LogP contribution in [0.3, 0.4) is 0 Å². The zero-order valence-corrected chi connectivity index (χ0v) is 17.4. The highest BCUT2D eigenvalue weighted by Gasteiger charge is 2.38. The molecule has 30 heavy (non-hydrogen) atoms. The van der Waals surface area contributed by atoms with Gasteiger partial charge >= 0.3 is 11.8 Å². The summed E-state index contributed by atoms with van der Waals surface area (Å²) in [5.41, 5.74) is 3.39. The zero-order valence-electron chi connectivity index (χ0n) is 17.4. The Morgan fingerprint density at radius 2 is 1.77 bits per heavy atom. The minimum Gasteiger partial charge on any atom is -0.328 e. The van der Waals surface area contributed by atoms with Gasteiger partial charge in [-0.3, -0.25) is 14.4 Å². The summed E-state index contributed by atoms with van der Waals surface area (Å²) in [6, 6.07) is 10.9. The molecule has 2 aromatic rings. The average Bonchev–Trinajstić information content (AvgIpc) is 2.72. The number of rotatable bonds is 6. The fourth-order valence-electron chi connectivity index (χ4n) is 3.58. The van der Waals surface area contributed by atoms with Crippen LogP contribution in [0.15, 0.2) is 42.5 Å². The van der Waals surface area contributed by atoms with E-state index < -0.39 is 17.9 Å². The van der Waals surface area contributed by atoms with Crippen molar-refractivity contribution in [2.75, 3.05) is 18.4 Å². The molecule has 1 N–H and O–H groups in total. The summed E-state index contributed by atoms with van der Waals surface area (Å²) in [5.74, 6) is -2.00. The van der Waals surface area contributed by atoms with Crippen LogP contribution < -0.4 is 5.32 Å². The molecule has 1 heterocycles. The number of carbonyl (C=O) groups excluding carboxylic acids is 3. The lowest BCUT2D eigenvalue weighted by atomic mass is 10.1. The first-order valence-electron chi connectivity index (χ1n) is 10.0. The number of anilines is 1. The maximum atomic E-state index is 13.1. The van der Waals surface area contributed by atoms with Gasteiger partial charge in [-0.2, -0.15) is 0 Å². The number of hydrogen-bond donors (Lipinski definition) is 1. The Morgan fingerprint density at radius 3 is 2.43 bits per heavy atom. The van der Waals surface area contributed by atoms with Gasteiger partial charge in [-0.25, -0.2) is 4.39 Å². The number of amides is 3. The lowest BCUT2D eigenvalue weighted by Crippen LogP contribution is -2.59. The van der Waals surface area contributed by atoms with E-state index >= 15 is 0 Å². The van der Waals surface area contributed by atoms with Crippen LogP contribution in [0.2, 0.25) is 0 Å². The zero-order chi connectivity index (χ0) is 21.8. The molecule has 3 amide bonds. The highest BCUT2D eigenvalue weighted by Crippen LogP contribution is 2.20. The molecule has 1 aliphatic rings. The monoisotopic (exact) mass is 411 g/mol. The summed E-state index contributed by atoms with van der Waals surface area (Å²) in [7, 11) is 0. The summed E-state index contributed by atoms with van der Waals surface area (Å²) in [5, 5.41) is 2.90. The molecule has 0 spiro atoms. The van der Waals surface area contributed by atoms with E-state index in [1.165, 1.54) is 21.9 Å².